The van der Waals surface area contributed by atoms with E-state index in [9.17, 15) is 23.4 Å². The number of fused-ring (bicyclic) bond motifs is 3. The van der Waals surface area contributed by atoms with Crippen molar-refractivity contribution in [2.24, 2.45) is 17.0 Å². The van der Waals surface area contributed by atoms with Crippen molar-refractivity contribution in [1.29, 1.82) is 0 Å². The summed E-state index contributed by atoms with van der Waals surface area (Å²) in [4.78, 5) is 15.4. The SMILES string of the molecule is C=CCCCN(CC(O)(C(=O)O)c1ccc2c(c1)N(C[C@@H]1CC[C@H]1[C@H](C=C)O[Si](c1ccccc1)(c1ccccc1)C(C)(C)C)C[C@@]1(CCCc3cc(Cl)ccc31)CO2)S(N)(=O)=O. The van der Waals surface area contributed by atoms with Crippen molar-refractivity contribution in [2.45, 2.75) is 87.9 Å². The molecule has 0 aromatic heterocycles. The number of hydrogen-bond acceptors (Lipinski definition) is 7. The van der Waals surface area contributed by atoms with Gasteiger partial charge in [-0.15, -0.1) is 13.2 Å². The van der Waals surface area contributed by atoms with E-state index in [4.69, 9.17) is 25.9 Å². The number of carbonyl (C=O) groups is 1. The Bertz CT molecular complexity index is 2360. The predicted molar refractivity (Wildman–Crippen MR) is 255 cm³/mol. The Morgan fingerprint density at radius 1 is 1.05 bits per heavy atom. The number of carboxylic acids is 1. The van der Waals surface area contributed by atoms with Crippen LogP contribution in [0.4, 0.5) is 5.69 Å². The zero-order valence-corrected chi connectivity index (χ0v) is 39.3. The number of nitrogens with two attached hydrogens (primary N) is 1. The molecule has 5 atom stereocenters. The van der Waals surface area contributed by atoms with Crippen LogP contribution in [0.25, 0.3) is 0 Å². The Morgan fingerprint density at radius 3 is 2.30 bits per heavy atom. The van der Waals surface area contributed by atoms with Crippen LogP contribution in [-0.2, 0) is 36.9 Å². The van der Waals surface area contributed by atoms with E-state index in [2.05, 4.69) is 99.5 Å². The highest BCUT2D eigenvalue weighted by Crippen LogP contribution is 2.49. The Labute approximate surface area is 379 Å². The van der Waals surface area contributed by atoms with E-state index in [-0.39, 0.29) is 35.1 Å². The summed E-state index contributed by atoms with van der Waals surface area (Å²) in [5, 5.41) is 31.2. The fourth-order valence-electron chi connectivity index (χ4n) is 10.4. The van der Waals surface area contributed by atoms with Crippen LogP contribution in [0.5, 0.6) is 5.75 Å². The molecule has 10 nitrogen and oxygen atoms in total. The molecular formula is C50H62ClN3O7SSi. The van der Waals surface area contributed by atoms with Gasteiger partial charge in [0, 0.05) is 30.1 Å². The average molecular weight is 913 g/mol. The van der Waals surface area contributed by atoms with E-state index in [1.165, 1.54) is 27.6 Å². The van der Waals surface area contributed by atoms with Crippen LogP contribution < -0.4 is 25.1 Å². The van der Waals surface area contributed by atoms with Gasteiger partial charge in [0.15, 0.2) is 0 Å². The van der Waals surface area contributed by atoms with Gasteiger partial charge in [-0.2, -0.15) is 12.7 Å². The first-order chi connectivity index (χ1) is 30.0. The van der Waals surface area contributed by atoms with Gasteiger partial charge in [0.1, 0.15) is 5.75 Å². The minimum atomic E-state index is -4.38. The Kier molecular flexibility index (Phi) is 13.8. The van der Waals surface area contributed by atoms with Gasteiger partial charge in [0.05, 0.1) is 24.9 Å². The Balaban J connectivity index is 1.29. The molecule has 7 rings (SSSR count). The maximum absolute atomic E-state index is 13.1. The first-order valence-corrected chi connectivity index (χ1v) is 25.8. The van der Waals surface area contributed by atoms with Crippen LogP contribution in [-0.4, -0.2) is 76.1 Å². The molecule has 0 radical (unpaired) electrons. The number of aliphatic hydroxyl groups is 1. The van der Waals surface area contributed by atoms with Crippen molar-refractivity contribution in [3.05, 3.63) is 144 Å². The van der Waals surface area contributed by atoms with Gasteiger partial charge >= 0.3 is 5.97 Å². The lowest BCUT2D eigenvalue weighted by Gasteiger charge is -2.50. The molecule has 3 aliphatic rings. The van der Waals surface area contributed by atoms with Crippen molar-refractivity contribution < 1.29 is 32.6 Å². The van der Waals surface area contributed by atoms with E-state index >= 15 is 0 Å². The molecule has 1 aliphatic heterocycles. The van der Waals surface area contributed by atoms with Gasteiger partial charge in [-0.1, -0.05) is 117 Å². The number of rotatable bonds is 17. The molecule has 2 aliphatic carbocycles. The van der Waals surface area contributed by atoms with Gasteiger partial charge in [-0.05, 0) is 113 Å². The van der Waals surface area contributed by atoms with Crippen LogP contribution >= 0.6 is 11.6 Å². The summed E-state index contributed by atoms with van der Waals surface area (Å²) in [7, 11) is -7.32. The van der Waals surface area contributed by atoms with Crippen molar-refractivity contribution in [1.82, 2.24) is 4.31 Å². The molecule has 4 aromatic rings. The highest BCUT2D eigenvalue weighted by Gasteiger charge is 2.53. The number of hydrogen-bond donors (Lipinski definition) is 3. The minimum Gasteiger partial charge on any atom is -0.490 e. The quantitative estimate of drug-likeness (QED) is 0.0556. The molecule has 1 heterocycles. The molecule has 336 valence electrons. The molecule has 4 N–H and O–H groups in total. The average Bonchev–Trinajstić information content (AvgIpc) is 3.39. The molecule has 13 heteroatoms. The van der Waals surface area contributed by atoms with Crippen molar-refractivity contribution in [3.63, 3.8) is 0 Å². The molecule has 63 heavy (non-hydrogen) atoms. The van der Waals surface area contributed by atoms with Gasteiger partial charge in [0.25, 0.3) is 18.5 Å². The lowest BCUT2D eigenvalue weighted by molar-refractivity contribution is -0.160. The summed E-state index contributed by atoms with van der Waals surface area (Å²) < 4.78 is 40.8. The minimum absolute atomic E-state index is 0.0237. The molecule has 1 fully saturated rings. The topological polar surface area (TPSA) is 143 Å². The number of ether oxygens (including phenoxy) is 1. The van der Waals surface area contributed by atoms with Gasteiger partial charge in [0.2, 0.25) is 5.60 Å². The second-order valence-corrected chi connectivity index (χ2v) is 25.0. The number of halogens is 1. The van der Waals surface area contributed by atoms with Crippen LogP contribution in [0.1, 0.15) is 76.0 Å². The summed E-state index contributed by atoms with van der Waals surface area (Å²) in [6.45, 7) is 15.6. The first-order valence-electron chi connectivity index (χ1n) is 22.0. The third-order valence-corrected chi connectivity index (χ3v) is 20.1. The summed E-state index contributed by atoms with van der Waals surface area (Å²) in [5.74, 6) is -0.752. The lowest BCUT2D eigenvalue weighted by Crippen LogP contribution is -2.68. The fourth-order valence-corrected chi connectivity index (χ4v) is 16.0. The zero-order valence-electron chi connectivity index (χ0n) is 36.7. The highest BCUT2D eigenvalue weighted by molar-refractivity contribution is 7.86. The number of benzene rings is 4. The standard InChI is InChI=1S/C50H62ClN3O7SSi/c1-6-8-15-29-54(62(52,58)59)34-50(57,47(55)56)38-23-27-46-44(31-38)53(33-49(35-60-46)28-16-17-36-30-39(51)24-26-43(36)49)32-37-22-25-42(37)45(7-2)61-63(48(3,4)5,40-18-11-9-12-19-40)41-20-13-10-14-21-41/h6-7,9-14,18-21,23-24,26-27,30-31,37,42,45,57H,1-2,8,15-17,22,25,28-29,32-35H2,3-5H3,(H,55,56)(H2,52,58,59)/t37-,42+,45-,49-,50?/m0/s1. The normalized spacial score (nSPS) is 21.5. The maximum Gasteiger partial charge on any atom is 0.341 e. The summed E-state index contributed by atoms with van der Waals surface area (Å²) >= 11 is 6.55. The largest absolute Gasteiger partial charge is 0.490 e. The van der Waals surface area contributed by atoms with Crippen LogP contribution in [0.3, 0.4) is 0 Å². The maximum atomic E-state index is 13.1. The summed E-state index contributed by atoms with van der Waals surface area (Å²) in [6.07, 6.45) is 8.79. The number of carboxylic acid groups (broad SMARTS) is 1. The number of nitrogens with zero attached hydrogens (tertiary/aromatic N) is 2. The number of aliphatic carboxylic acids is 1. The second-order valence-electron chi connectivity index (χ2n) is 18.7. The fraction of sp³-hybridized carbons (Fsp3) is 0.420. The predicted octanol–water partition coefficient (Wildman–Crippen LogP) is 7.71. The monoisotopic (exact) mass is 911 g/mol. The third-order valence-electron chi connectivity index (χ3n) is 13.8. The lowest BCUT2D eigenvalue weighted by atomic mass is 9.68. The zero-order chi connectivity index (χ0) is 45.2. The molecule has 1 unspecified atom stereocenters. The molecular weight excluding hydrogens is 850 g/mol. The van der Waals surface area contributed by atoms with Gasteiger partial charge < -0.3 is 24.3 Å². The molecule has 1 saturated carbocycles. The van der Waals surface area contributed by atoms with Crippen LogP contribution in [0.15, 0.2) is 122 Å². The van der Waals surface area contributed by atoms with Crippen molar-refractivity contribution in [3.8, 4) is 5.75 Å². The van der Waals surface area contributed by atoms with E-state index in [1.807, 2.05) is 24.3 Å². The molecule has 0 bridgehead atoms. The van der Waals surface area contributed by atoms with Crippen LogP contribution in [0, 0.1) is 11.8 Å². The highest BCUT2D eigenvalue weighted by atomic mass is 35.5. The number of aryl methyl sites for hydroxylation is 1. The van der Waals surface area contributed by atoms with Crippen molar-refractivity contribution in [2.75, 3.05) is 37.7 Å². The Morgan fingerprint density at radius 2 is 1.73 bits per heavy atom. The van der Waals surface area contributed by atoms with E-state index in [0.717, 1.165) is 36.4 Å². The summed E-state index contributed by atoms with van der Waals surface area (Å²) in [6, 6.07) is 32.2. The number of allylic oxidation sites excluding steroid dienone is 1. The van der Waals surface area contributed by atoms with Gasteiger partial charge in [-0.25, -0.2) is 9.93 Å². The Hall–Kier alpha value is -4.27. The second kappa shape index (κ2) is 18.7. The molecule has 1 spiro atoms. The first kappa shape index (κ1) is 46.7. The van der Waals surface area contributed by atoms with Crippen LogP contribution in [0.2, 0.25) is 10.1 Å². The molecule has 4 aromatic carbocycles. The summed E-state index contributed by atoms with van der Waals surface area (Å²) in [5.41, 5.74) is -0.0149. The smallest absolute Gasteiger partial charge is 0.341 e. The van der Waals surface area contributed by atoms with E-state index < -0.39 is 42.1 Å². The third kappa shape index (κ3) is 9.32. The number of anilines is 1. The molecule has 0 saturated heterocycles. The number of unbranched alkanes of at least 4 members (excludes halogenated alkanes) is 1. The molecule has 0 amide bonds. The van der Waals surface area contributed by atoms with Gasteiger partial charge in [-0.3, -0.25) is 0 Å². The van der Waals surface area contributed by atoms with Crippen molar-refractivity contribution >= 4 is 52.2 Å². The van der Waals surface area contributed by atoms with E-state index in [1.54, 1.807) is 18.2 Å². The van der Waals surface area contributed by atoms with E-state index in [0.29, 0.717) is 49.0 Å².